The summed E-state index contributed by atoms with van der Waals surface area (Å²) in [4.78, 5) is 9.50. The number of aliphatic hydroxyl groups excluding tert-OH is 2. The molecule has 0 rings (SSSR count). The second-order valence-electron chi connectivity index (χ2n) is 13.1. The molecule has 6 nitrogen and oxygen atoms in total. The van der Waals surface area contributed by atoms with Crippen LogP contribution in [-0.4, -0.2) is 39.5 Å². The Labute approximate surface area is 274 Å². The third kappa shape index (κ3) is 34.2. The fourth-order valence-corrected chi connectivity index (χ4v) is 5.91. The summed E-state index contributed by atoms with van der Waals surface area (Å²) < 4.78 is 9.30. The summed E-state index contributed by atoms with van der Waals surface area (Å²) in [6.45, 7) is 4.22. The maximum atomic E-state index is 10.8. The van der Waals surface area contributed by atoms with Crippen LogP contribution in [0.2, 0.25) is 0 Å². The predicted octanol–water partition coefficient (Wildman–Crippen LogP) is 10.5. The molecule has 0 saturated heterocycles. The molecule has 0 aromatic heterocycles. The number of rotatable bonds is 32. The molecule has 0 aliphatic rings. The molecule has 0 aromatic carbocycles. The van der Waals surface area contributed by atoms with Crippen LogP contribution in [0, 0.1) is 5.63 Å². The molecule has 44 heavy (non-hydrogen) atoms. The molecular weight excluding hydrogens is 569 g/mol. The van der Waals surface area contributed by atoms with Crippen LogP contribution in [-0.2, 0) is 9.36 Å². The van der Waals surface area contributed by atoms with E-state index in [1.807, 2.05) is 0 Å². The van der Waals surface area contributed by atoms with Crippen molar-refractivity contribution < 1.29 is 24.7 Å². The van der Waals surface area contributed by atoms with Gasteiger partial charge in [-0.05, 0) is 12.8 Å². The van der Waals surface area contributed by atoms with Crippen molar-refractivity contribution in [2.24, 2.45) is 5.73 Å². The monoisotopic (exact) mass is 644 g/mol. The van der Waals surface area contributed by atoms with E-state index in [1.165, 1.54) is 154 Å². The van der Waals surface area contributed by atoms with Crippen molar-refractivity contribution in [1.29, 1.82) is 0 Å². The molecule has 2 atom stereocenters. The van der Waals surface area contributed by atoms with Gasteiger partial charge in [-0.25, -0.2) is 0 Å². The minimum absolute atomic E-state index is 0.328. The van der Waals surface area contributed by atoms with Gasteiger partial charge in [0, 0.05) is 0 Å². The van der Waals surface area contributed by atoms with Crippen LogP contribution in [0.3, 0.4) is 0 Å². The maximum absolute atomic E-state index is 10.8. The summed E-state index contributed by atoms with van der Waals surface area (Å²) in [7, 11) is -0.451. The Balaban J connectivity index is 0. The standard InChI is InChI=1S/C35H72O3.C2H2NO2P/c1-3-5-7-9-11-13-15-17-19-21-23-25-27-29-31-34(37)35(38,33-36)32-30-28-26-24-22-20-18-16-14-12-10-8-6-4-2;3-2(4)1-6-5/h34,36-38H,3-33H2,1-2H3;(H2,3,4). The van der Waals surface area contributed by atoms with Crippen LogP contribution < -0.4 is 5.73 Å². The molecule has 0 aliphatic carbocycles. The van der Waals surface area contributed by atoms with Crippen molar-refractivity contribution in [3.8, 4) is 5.63 Å². The molecule has 1 amide bonds. The van der Waals surface area contributed by atoms with Crippen molar-refractivity contribution in [2.45, 2.75) is 218 Å². The first-order chi connectivity index (χ1) is 21.4. The molecule has 0 fully saturated rings. The number of hydrogen-bond donors (Lipinski definition) is 4. The second-order valence-corrected chi connectivity index (χ2v) is 13.5. The zero-order valence-corrected chi connectivity index (χ0v) is 30.1. The summed E-state index contributed by atoms with van der Waals surface area (Å²) in [5.74, 6) is -0.785. The van der Waals surface area contributed by atoms with Crippen LogP contribution >= 0.6 is 7.92 Å². The Kier molecular flexibility index (Phi) is 38.1. The first kappa shape index (κ1) is 45.5. The van der Waals surface area contributed by atoms with Gasteiger partial charge in [0.05, 0.1) is 12.7 Å². The van der Waals surface area contributed by atoms with Crippen LogP contribution in [0.15, 0.2) is 0 Å². The van der Waals surface area contributed by atoms with Gasteiger partial charge in [-0.15, -0.1) is 0 Å². The van der Waals surface area contributed by atoms with Crippen molar-refractivity contribution >= 4 is 13.8 Å². The number of unbranched alkanes of at least 4 members (excludes halogenated alkanes) is 26. The predicted molar refractivity (Wildman–Crippen MR) is 189 cm³/mol. The minimum atomic E-state index is -1.31. The van der Waals surface area contributed by atoms with E-state index in [0.717, 1.165) is 25.7 Å². The van der Waals surface area contributed by atoms with E-state index >= 15 is 0 Å². The molecule has 0 aromatic rings. The molecule has 262 valence electrons. The van der Waals surface area contributed by atoms with Gasteiger partial charge >= 0.3 is 34.5 Å². The fraction of sp³-hybridized carbons (Fsp3) is 0.946. The summed E-state index contributed by atoms with van der Waals surface area (Å²) >= 11 is 0. The molecule has 0 spiro atoms. The van der Waals surface area contributed by atoms with E-state index in [0.29, 0.717) is 12.8 Å². The molecule has 0 saturated carbocycles. The Morgan fingerprint density at radius 3 is 1.16 bits per heavy atom. The number of carbonyl (C=O) groups excluding carboxylic acids is 1. The molecule has 5 N–H and O–H groups in total. The Morgan fingerprint density at radius 2 is 0.909 bits per heavy atom. The zero-order valence-electron chi connectivity index (χ0n) is 29.2. The van der Waals surface area contributed by atoms with Gasteiger partial charge in [0.2, 0.25) is 0 Å². The third-order valence-electron chi connectivity index (χ3n) is 8.84. The average molecular weight is 644 g/mol. The number of aliphatic hydroxyl groups is 3. The van der Waals surface area contributed by atoms with E-state index in [2.05, 4.69) is 19.6 Å². The first-order valence-electron chi connectivity index (χ1n) is 18.8. The van der Waals surface area contributed by atoms with E-state index < -0.39 is 25.5 Å². The summed E-state index contributed by atoms with van der Waals surface area (Å²) in [6.07, 6.45) is 37.1. The van der Waals surface area contributed by atoms with Crippen LogP contribution in [0.4, 0.5) is 0 Å². The number of hydrogen-bond acceptors (Lipinski definition) is 5. The van der Waals surface area contributed by atoms with Crippen LogP contribution in [0.1, 0.15) is 206 Å². The second kappa shape index (κ2) is 36.8. The Morgan fingerprint density at radius 1 is 0.614 bits per heavy atom. The van der Waals surface area contributed by atoms with Gasteiger partial charge < -0.3 is 15.3 Å². The van der Waals surface area contributed by atoms with E-state index in [1.54, 1.807) is 5.63 Å². The van der Waals surface area contributed by atoms with Crippen LogP contribution in [0.5, 0.6) is 0 Å². The summed E-state index contributed by atoms with van der Waals surface area (Å²) in [5, 5.41) is 31.1. The van der Waals surface area contributed by atoms with E-state index in [-0.39, 0.29) is 6.61 Å². The normalized spacial score (nSPS) is 13.0. The fourth-order valence-electron chi connectivity index (χ4n) is 5.82. The topological polar surface area (TPSA) is 121 Å². The number of amides is 1. The summed E-state index contributed by atoms with van der Waals surface area (Å²) in [6, 6.07) is 0. The molecule has 0 bridgehead atoms. The molecule has 0 heterocycles. The number of nitrogens with two attached hydrogens (primary N) is 1. The SMILES string of the molecule is CCCCCCCCCCCCCCCCC(O)C(O)(CO)CCCCCCCCCCCCCCCC.NC(=O)C#P=O. The molecule has 2 unspecified atom stereocenters. The molecule has 7 heteroatoms. The Bertz CT molecular complexity index is 701. The van der Waals surface area contributed by atoms with Crippen molar-refractivity contribution in [3.63, 3.8) is 0 Å². The van der Waals surface area contributed by atoms with E-state index in [4.69, 9.17) is 0 Å². The van der Waals surface area contributed by atoms with Gasteiger partial charge in [0.1, 0.15) is 5.60 Å². The average Bonchev–Trinajstić information content (AvgIpc) is 3.01. The first-order valence-corrected chi connectivity index (χ1v) is 19.6. The molecule has 0 aliphatic heterocycles. The van der Waals surface area contributed by atoms with Gasteiger partial charge in [-0.3, -0.25) is 0 Å². The van der Waals surface area contributed by atoms with Crippen LogP contribution in [0.25, 0.3) is 0 Å². The zero-order chi connectivity index (χ0) is 33.0. The van der Waals surface area contributed by atoms with Crippen molar-refractivity contribution in [2.75, 3.05) is 6.61 Å². The summed E-state index contributed by atoms with van der Waals surface area (Å²) in [5.41, 5.74) is 4.90. The number of carbonyl (C=O) groups is 1. The van der Waals surface area contributed by atoms with E-state index in [9.17, 15) is 24.7 Å². The van der Waals surface area contributed by atoms with Gasteiger partial charge in [0.25, 0.3) is 0 Å². The van der Waals surface area contributed by atoms with Gasteiger partial charge in [-0.2, -0.15) is 0 Å². The Hall–Kier alpha value is -0.640. The van der Waals surface area contributed by atoms with Gasteiger partial charge in [-0.1, -0.05) is 194 Å². The van der Waals surface area contributed by atoms with Crippen molar-refractivity contribution in [1.82, 2.24) is 0 Å². The number of primary amides is 1. The molecular formula is C37H74NO5P. The third-order valence-corrected chi connectivity index (χ3v) is 9.16. The van der Waals surface area contributed by atoms with Gasteiger partial charge in [0.15, 0.2) is 0 Å². The van der Waals surface area contributed by atoms with Crippen molar-refractivity contribution in [3.05, 3.63) is 0 Å². The molecule has 0 radical (unpaired) electrons. The quantitative estimate of drug-likeness (QED) is 0.0429.